The number of hydrogen-bond acceptors (Lipinski definition) is 2. The van der Waals surface area contributed by atoms with E-state index >= 15 is 0 Å². The molecule has 0 aliphatic heterocycles. The predicted octanol–water partition coefficient (Wildman–Crippen LogP) is 14.2. The molecule has 2 aliphatic carbocycles. The van der Waals surface area contributed by atoms with Gasteiger partial charge in [0.1, 0.15) is 0 Å². The molecule has 0 radical (unpaired) electrons. The molecule has 55 heavy (non-hydrogen) atoms. The molecule has 0 N–H and O–H groups in total. The molecule has 1 heterocycles. The fourth-order valence-electron chi connectivity index (χ4n) is 10.3. The van der Waals surface area contributed by atoms with Gasteiger partial charge >= 0.3 is 0 Å². The molecule has 1 nitrogen and oxygen atoms in total. The van der Waals surface area contributed by atoms with E-state index in [-0.39, 0.29) is 0 Å². The summed E-state index contributed by atoms with van der Waals surface area (Å²) in [7, 11) is 0. The van der Waals surface area contributed by atoms with Crippen LogP contribution in [0.4, 0.5) is 0 Å². The zero-order chi connectivity index (χ0) is 36.4. The number of hydrogen-bond donors (Lipinski definition) is 0. The van der Waals surface area contributed by atoms with Crippen LogP contribution in [0.1, 0.15) is 33.4 Å². The Bertz CT molecular complexity index is 3300. The molecule has 1 aromatic heterocycles. The monoisotopic (exact) mass is 713 g/mol. The topological polar surface area (TPSA) is 23.8 Å². The smallest absolute Gasteiger partial charge is 0.0992 e. The van der Waals surface area contributed by atoms with Crippen LogP contribution in [0, 0.1) is 18.3 Å². The molecular formula is C53H31NS. The number of thiophene rings is 1. The second-order valence-corrected chi connectivity index (χ2v) is 16.1. The van der Waals surface area contributed by atoms with E-state index in [1.807, 2.05) is 17.4 Å². The molecule has 2 aliphatic rings. The van der Waals surface area contributed by atoms with E-state index in [1.54, 1.807) is 0 Å². The van der Waals surface area contributed by atoms with Crippen molar-refractivity contribution < 1.29 is 0 Å². The van der Waals surface area contributed by atoms with Crippen LogP contribution < -0.4 is 0 Å². The lowest BCUT2D eigenvalue weighted by molar-refractivity contribution is 0.803. The van der Waals surface area contributed by atoms with E-state index in [9.17, 15) is 5.26 Å². The minimum absolute atomic E-state index is 0.493. The number of aryl methyl sites for hydroxylation is 1. The summed E-state index contributed by atoms with van der Waals surface area (Å²) in [5.74, 6) is 0. The first-order chi connectivity index (χ1) is 27.2. The maximum atomic E-state index is 9.85. The minimum atomic E-state index is -0.493. The third-order valence-corrected chi connectivity index (χ3v) is 13.6. The van der Waals surface area contributed by atoms with Crippen LogP contribution in [-0.2, 0) is 5.41 Å². The Morgan fingerprint density at radius 2 is 0.982 bits per heavy atom. The fraction of sp³-hybridized carbons (Fsp3) is 0.0377. The van der Waals surface area contributed by atoms with Crippen molar-refractivity contribution in [3.8, 4) is 49.9 Å². The molecule has 1 unspecified atom stereocenters. The summed E-state index contributed by atoms with van der Waals surface area (Å²) in [6.07, 6.45) is 0. The van der Waals surface area contributed by atoms with E-state index in [2.05, 4.69) is 177 Å². The Hall–Kier alpha value is -6.79. The number of nitriles is 1. The van der Waals surface area contributed by atoms with Crippen LogP contribution in [0.15, 0.2) is 170 Å². The summed E-state index contributed by atoms with van der Waals surface area (Å²) in [6.45, 7) is 2.21. The number of nitrogens with zero attached hydrogens (tertiary/aromatic N) is 1. The highest BCUT2D eigenvalue weighted by Crippen LogP contribution is 2.67. The fourth-order valence-corrected chi connectivity index (χ4v) is 11.7. The van der Waals surface area contributed by atoms with Crippen LogP contribution in [0.3, 0.4) is 0 Å². The van der Waals surface area contributed by atoms with Crippen LogP contribution in [0.2, 0.25) is 0 Å². The lowest BCUT2D eigenvalue weighted by Gasteiger charge is -2.30. The Morgan fingerprint density at radius 1 is 0.436 bits per heavy atom. The van der Waals surface area contributed by atoms with Crippen LogP contribution in [0.25, 0.3) is 86.2 Å². The van der Waals surface area contributed by atoms with Crippen molar-refractivity contribution in [1.82, 2.24) is 0 Å². The summed E-state index contributed by atoms with van der Waals surface area (Å²) >= 11 is 1.82. The van der Waals surface area contributed by atoms with Crippen molar-refractivity contribution in [3.05, 3.63) is 203 Å². The van der Waals surface area contributed by atoms with Gasteiger partial charge in [0.15, 0.2) is 0 Å². The standard InChI is InChI=1S/C53H31NS/c1-31-25-27-39(34-14-3-2-13-33(31)34)48-35-15-4-6-17-37(35)49(38-18-7-5-16-36(38)48)43-21-12-24-46-50(43)40-19-8-10-22-44(40)53(46)45-23-11-9-20-41(45)52-51(53)42-28-26-32(30-54)29-47(42)55-52/h2-29H,1H3. The van der Waals surface area contributed by atoms with Gasteiger partial charge in [0, 0.05) is 9.58 Å². The Labute approximate surface area is 323 Å². The van der Waals surface area contributed by atoms with Gasteiger partial charge in [0.2, 0.25) is 0 Å². The number of benzene rings is 9. The van der Waals surface area contributed by atoms with Gasteiger partial charge in [-0.2, -0.15) is 5.26 Å². The van der Waals surface area contributed by atoms with E-state index < -0.39 is 5.41 Å². The lowest BCUT2D eigenvalue weighted by atomic mass is 9.70. The summed E-state index contributed by atoms with van der Waals surface area (Å²) in [5.41, 5.74) is 15.8. The first-order valence-corrected chi connectivity index (χ1v) is 19.7. The summed E-state index contributed by atoms with van der Waals surface area (Å²) in [6, 6.07) is 65.3. The molecule has 1 atom stereocenters. The number of rotatable bonds is 2. The highest BCUT2D eigenvalue weighted by molar-refractivity contribution is 7.22. The zero-order valence-corrected chi connectivity index (χ0v) is 30.8. The predicted molar refractivity (Wildman–Crippen MR) is 231 cm³/mol. The maximum absolute atomic E-state index is 9.85. The van der Waals surface area contributed by atoms with Crippen molar-refractivity contribution in [2.24, 2.45) is 0 Å². The molecule has 12 rings (SSSR count). The van der Waals surface area contributed by atoms with Crippen molar-refractivity contribution in [1.29, 1.82) is 5.26 Å². The van der Waals surface area contributed by atoms with E-state index in [4.69, 9.17) is 0 Å². The molecule has 10 aromatic rings. The van der Waals surface area contributed by atoms with Gasteiger partial charge in [-0.1, -0.05) is 158 Å². The average molecular weight is 714 g/mol. The van der Waals surface area contributed by atoms with E-state index in [1.165, 1.54) is 109 Å². The van der Waals surface area contributed by atoms with Crippen molar-refractivity contribution in [2.45, 2.75) is 12.3 Å². The van der Waals surface area contributed by atoms with Gasteiger partial charge in [-0.05, 0) is 124 Å². The van der Waals surface area contributed by atoms with E-state index in [0.29, 0.717) is 5.56 Å². The normalized spacial score (nSPS) is 15.1. The molecule has 0 saturated carbocycles. The molecule has 0 bridgehead atoms. The maximum Gasteiger partial charge on any atom is 0.0992 e. The Morgan fingerprint density at radius 3 is 1.67 bits per heavy atom. The van der Waals surface area contributed by atoms with Gasteiger partial charge in [-0.3, -0.25) is 0 Å². The molecule has 2 heteroatoms. The first-order valence-electron chi connectivity index (χ1n) is 18.9. The average Bonchev–Trinajstić information content (AvgIpc) is 3.86. The van der Waals surface area contributed by atoms with Gasteiger partial charge < -0.3 is 0 Å². The number of fused-ring (bicyclic) bond motifs is 15. The molecular weight excluding hydrogens is 683 g/mol. The van der Waals surface area contributed by atoms with Crippen molar-refractivity contribution in [3.63, 3.8) is 0 Å². The Kier molecular flexibility index (Phi) is 6.20. The highest BCUT2D eigenvalue weighted by Gasteiger charge is 2.53. The molecule has 0 amide bonds. The first kappa shape index (κ1) is 30.6. The molecule has 1 spiro atoms. The van der Waals surface area contributed by atoms with E-state index in [0.717, 1.165) is 4.70 Å². The third kappa shape index (κ3) is 3.86. The van der Waals surface area contributed by atoms with Gasteiger partial charge in [-0.15, -0.1) is 11.3 Å². The minimum Gasteiger partial charge on any atom is -0.192 e. The SMILES string of the molecule is Cc1ccc(-c2c3ccccc3c(-c3cccc4c3-c3ccccc3C43c4ccccc4-c4sc5cc(C#N)ccc5c43)c3ccccc23)c2ccccc12. The highest BCUT2D eigenvalue weighted by atomic mass is 32.1. The quantitative estimate of drug-likeness (QED) is 0.164. The van der Waals surface area contributed by atoms with Crippen molar-refractivity contribution >= 4 is 53.7 Å². The van der Waals surface area contributed by atoms with Crippen LogP contribution in [0.5, 0.6) is 0 Å². The van der Waals surface area contributed by atoms with Gasteiger partial charge in [0.05, 0.1) is 17.0 Å². The van der Waals surface area contributed by atoms with Crippen LogP contribution >= 0.6 is 11.3 Å². The van der Waals surface area contributed by atoms with Crippen LogP contribution in [-0.4, -0.2) is 0 Å². The largest absolute Gasteiger partial charge is 0.192 e. The summed E-state index contributed by atoms with van der Waals surface area (Å²) in [4.78, 5) is 1.30. The second-order valence-electron chi connectivity index (χ2n) is 15.0. The molecule has 0 saturated heterocycles. The summed E-state index contributed by atoms with van der Waals surface area (Å²) < 4.78 is 1.16. The zero-order valence-electron chi connectivity index (χ0n) is 30.0. The molecule has 9 aromatic carbocycles. The Balaban J connectivity index is 1.23. The second kappa shape index (κ2) is 11.1. The molecule has 254 valence electrons. The lowest BCUT2D eigenvalue weighted by Crippen LogP contribution is -2.25. The summed E-state index contributed by atoms with van der Waals surface area (Å²) in [5, 5.41) is 18.7. The van der Waals surface area contributed by atoms with Gasteiger partial charge in [0.25, 0.3) is 0 Å². The van der Waals surface area contributed by atoms with Crippen molar-refractivity contribution in [2.75, 3.05) is 0 Å². The van der Waals surface area contributed by atoms with Gasteiger partial charge in [-0.25, -0.2) is 0 Å². The molecule has 0 fully saturated rings. The third-order valence-electron chi connectivity index (χ3n) is 12.5.